The Bertz CT molecular complexity index is 1190. The minimum Gasteiger partial charge on any atom is -0.508 e. The number of hydrogen-bond acceptors (Lipinski definition) is 9. The van der Waals surface area contributed by atoms with Crippen LogP contribution in [0.3, 0.4) is 0 Å². The number of primary amides is 1. The van der Waals surface area contributed by atoms with Gasteiger partial charge in [0.05, 0.1) is 23.6 Å². The molecule has 11 heteroatoms. The van der Waals surface area contributed by atoms with Gasteiger partial charge in [0.15, 0.2) is 11.4 Å². The van der Waals surface area contributed by atoms with Gasteiger partial charge in [0, 0.05) is 15.1 Å². The number of fused-ring (bicyclic) bond motifs is 3. The zero-order valence-corrected chi connectivity index (χ0v) is 20.1. The van der Waals surface area contributed by atoms with Gasteiger partial charge in [-0.1, -0.05) is 6.92 Å². The third-order valence-electron chi connectivity index (χ3n) is 7.05. The van der Waals surface area contributed by atoms with Gasteiger partial charge in [0.1, 0.15) is 22.8 Å². The number of nitrogens with zero attached hydrogens (tertiary/aromatic N) is 1. The molecule has 33 heavy (non-hydrogen) atoms. The second-order valence-corrected chi connectivity index (χ2v) is 10.1. The minimum atomic E-state index is -2.90. The van der Waals surface area contributed by atoms with E-state index >= 15 is 0 Å². The lowest BCUT2D eigenvalue weighted by Gasteiger charge is -2.53. The third kappa shape index (κ3) is 2.85. The first-order valence-corrected chi connectivity index (χ1v) is 11.2. The van der Waals surface area contributed by atoms with Crippen molar-refractivity contribution in [3.63, 3.8) is 0 Å². The zero-order valence-electron chi connectivity index (χ0n) is 17.9. The van der Waals surface area contributed by atoms with Gasteiger partial charge in [-0.3, -0.25) is 19.3 Å². The highest BCUT2D eigenvalue weighted by Crippen LogP contribution is 2.56. The van der Waals surface area contributed by atoms with E-state index in [1.807, 2.05) is 22.6 Å². The van der Waals surface area contributed by atoms with Crippen molar-refractivity contribution in [3.05, 3.63) is 43.7 Å². The summed E-state index contributed by atoms with van der Waals surface area (Å²) in [5.41, 5.74) is 1.52. The molecule has 0 aliphatic heterocycles. The summed E-state index contributed by atoms with van der Waals surface area (Å²) in [4.78, 5) is 40.1. The lowest BCUT2D eigenvalue weighted by Crippen LogP contribution is -2.70. The number of ketones is 2. The van der Waals surface area contributed by atoms with Crippen molar-refractivity contribution >= 4 is 45.8 Å². The number of nitrogens with two attached hydrogens (primary N) is 1. The number of Topliss-reactive ketones (excluding diaryl/α,β-unsaturated/α-hetero) is 2. The van der Waals surface area contributed by atoms with Gasteiger partial charge in [-0.2, -0.15) is 0 Å². The Morgan fingerprint density at radius 3 is 2.33 bits per heavy atom. The first-order chi connectivity index (χ1) is 15.3. The third-order valence-corrected chi connectivity index (χ3v) is 8.00. The fourth-order valence-corrected chi connectivity index (χ4v) is 6.58. The normalized spacial score (nSPS) is 33.7. The maximum atomic E-state index is 13.7. The van der Waals surface area contributed by atoms with Crippen LogP contribution in [-0.4, -0.2) is 79.7 Å². The quantitative estimate of drug-likeness (QED) is 0.212. The number of rotatable bonds is 2. The Kier molecular flexibility index (Phi) is 5.39. The molecule has 10 nitrogen and oxygen atoms in total. The molecule has 0 radical (unpaired) electrons. The van der Waals surface area contributed by atoms with E-state index in [0.717, 1.165) is 0 Å². The van der Waals surface area contributed by atoms with E-state index < -0.39 is 75.6 Å². The van der Waals surface area contributed by atoms with Gasteiger partial charge in [0.25, 0.3) is 5.91 Å². The van der Waals surface area contributed by atoms with Gasteiger partial charge < -0.3 is 31.3 Å². The molecule has 1 aromatic carbocycles. The van der Waals surface area contributed by atoms with Crippen LogP contribution in [0.5, 0.6) is 5.75 Å². The molecule has 1 fully saturated rings. The summed E-state index contributed by atoms with van der Waals surface area (Å²) in [5, 5.41) is 55.3. The largest absolute Gasteiger partial charge is 0.508 e. The number of aliphatic hydroxyl groups is 4. The number of phenolic OH excluding ortho intramolecular Hbond substituents is 1. The summed E-state index contributed by atoms with van der Waals surface area (Å²) < 4.78 is 0.668. The fourth-order valence-electron chi connectivity index (χ4n) is 5.64. The van der Waals surface area contributed by atoms with Crippen LogP contribution < -0.4 is 5.73 Å². The molecular formula is C22H23IN2O8. The molecule has 0 spiro atoms. The van der Waals surface area contributed by atoms with Crippen LogP contribution in [0.15, 0.2) is 29.0 Å². The predicted octanol–water partition coefficient (Wildman–Crippen LogP) is 0.100. The van der Waals surface area contributed by atoms with Crippen LogP contribution in [0.4, 0.5) is 0 Å². The molecule has 0 aromatic heterocycles. The van der Waals surface area contributed by atoms with Crippen molar-refractivity contribution < 1.29 is 39.9 Å². The molecule has 7 N–H and O–H groups in total. The summed E-state index contributed by atoms with van der Waals surface area (Å²) in [7, 11) is 2.93. The Morgan fingerprint density at radius 1 is 1.18 bits per heavy atom. The topological polar surface area (TPSA) is 182 Å². The minimum absolute atomic E-state index is 0.0158. The van der Waals surface area contributed by atoms with Crippen molar-refractivity contribution in [1.82, 2.24) is 4.90 Å². The molecule has 176 valence electrons. The molecule has 3 aliphatic carbocycles. The molecule has 0 heterocycles. The Hall–Kier alpha value is -2.48. The van der Waals surface area contributed by atoms with Gasteiger partial charge >= 0.3 is 0 Å². The highest BCUT2D eigenvalue weighted by atomic mass is 127. The Labute approximate surface area is 202 Å². The standard InChI is InChI=1S/C22H23IN2O8/c1-6-9-7(23)4-5-8(26)11(9)16(27)12-10(6)17(28)14-15(25(2)3)18(29)13(21(24)32)20(31)22(14,33)19(12)30/h4-6,10,14-15,17,26-28,31,33H,1-3H3,(H2,24,32)/t6-,10+,14+,15-,17-,22-/m0/s1. The summed E-state index contributed by atoms with van der Waals surface area (Å²) >= 11 is 2.01. The van der Waals surface area contributed by atoms with Crippen molar-refractivity contribution in [2.75, 3.05) is 14.1 Å². The second-order valence-electron chi connectivity index (χ2n) is 8.90. The van der Waals surface area contributed by atoms with Gasteiger partial charge in [-0.15, -0.1) is 0 Å². The Morgan fingerprint density at radius 2 is 1.79 bits per heavy atom. The number of carbonyl (C=O) groups is 3. The van der Waals surface area contributed by atoms with Crippen LogP contribution in [0.1, 0.15) is 24.0 Å². The maximum Gasteiger partial charge on any atom is 0.255 e. The van der Waals surface area contributed by atoms with Crippen molar-refractivity contribution in [1.29, 1.82) is 0 Å². The van der Waals surface area contributed by atoms with Gasteiger partial charge in [-0.25, -0.2) is 0 Å². The van der Waals surface area contributed by atoms with E-state index in [-0.39, 0.29) is 11.3 Å². The molecule has 1 saturated carbocycles. The number of carbonyl (C=O) groups excluding carboxylic acids is 3. The summed E-state index contributed by atoms with van der Waals surface area (Å²) in [6.07, 6.45) is -1.60. The number of benzene rings is 1. The Balaban J connectivity index is 2.08. The van der Waals surface area contributed by atoms with E-state index in [9.17, 15) is 39.9 Å². The summed E-state index contributed by atoms with van der Waals surface area (Å²) in [6.45, 7) is 1.69. The molecule has 1 amide bonds. The van der Waals surface area contributed by atoms with E-state index in [1.54, 1.807) is 13.0 Å². The predicted molar refractivity (Wildman–Crippen MR) is 123 cm³/mol. The highest BCUT2D eigenvalue weighted by Gasteiger charge is 2.68. The monoisotopic (exact) mass is 570 g/mol. The van der Waals surface area contributed by atoms with E-state index in [1.165, 1.54) is 25.1 Å². The lowest BCUT2D eigenvalue weighted by molar-refractivity contribution is -0.169. The molecule has 0 bridgehead atoms. The lowest BCUT2D eigenvalue weighted by atomic mass is 9.54. The molecule has 6 atom stereocenters. The van der Waals surface area contributed by atoms with Crippen molar-refractivity contribution in [3.8, 4) is 5.75 Å². The van der Waals surface area contributed by atoms with Crippen LogP contribution >= 0.6 is 22.6 Å². The van der Waals surface area contributed by atoms with Crippen LogP contribution in [0, 0.1) is 15.4 Å². The zero-order chi connectivity index (χ0) is 24.7. The van der Waals surface area contributed by atoms with Crippen LogP contribution in [-0.2, 0) is 14.4 Å². The molecule has 0 saturated heterocycles. The van der Waals surface area contributed by atoms with Crippen LogP contribution in [0.2, 0.25) is 0 Å². The second kappa shape index (κ2) is 7.52. The first-order valence-electron chi connectivity index (χ1n) is 10.1. The van der Waals surface area contributed by atoms with E-state index in [0.29, 0.717) is 9.13 Å². The van der Waals surface area contributed by atoms with Gasteiger partial charge in [-0.05, 0) is 60.3 Å². The molecule has 4 rings (SSSR count). The summed E-state index contributed by atoms with van der Waals surface area (Å²) in [5.74, 6) is -8.89. The number of halogens is 1. The first kappa shape index (κ1) is 23.7. The number of phenols is 1. The number of hydrogen-bond donors (Lipinski definition) is 6. The number of likely N-dealkylation sites (N-methyl/N-ethyl adjacent to an activating group) is 1. The van der Waals surface area contributed by atoms with Crippen LogP contribution in [0.25, 0.3) is 5.76 Å². The fraction of sp³-hybridized carbons (Fsp3) is 0.409. The van der Waals surface area contributed by atoms with E-state index in [4.69, 9.17) is 5.73 Å². The molecular weight excluding hydrogens is 547 g/mol. The molecule has 1 aromatic rings. The van der Waals surface area contributed by atoms with Gasteiger partial charge in [0.2, 0.25) is 5.78 Å². The number of aromatic hydroxyl groups is 1. The maximum absolute atomic E-state index is 13.7. The average molecular weight is 570 g/mol. The van der Waals surface area contributed by atoms with Crippen molar-refractivity contribution in [2.45, 2.75) is 30.6 Å². The molecule has 3 aliphatic rings. The number of amides is 1. The smallest absolute Gasteiger partial charge is 0.255 e. The number of aliphatic hydroxyl groups excluding tert-OH is 3. The van der Waals surface area contributed by atoms with E-state index in [2.05, 4.69) is 0 Å². The molecule has 0 unspecified atom stereocenters. The highest BCUT2D eigenvalue weighted by molar-refractivity contribution is 14.1. The summed E-state index contributed by atoms with van der Waals surface area (Å²) in [6, 6.07) is 1.60. The SMILES string of the molecule is C[C@H]1c2c(I)ccc(O)c2C(O)=C2C(=O)[C@]3(O)C(O)=C(C(N)=O)C(=O)[C@@H](N(C)C)[C@@H]3[C@@H](O)[C@@H]21. The van der Waals surface area contributed by atoms with Crippen molar-refractivity contribution in [2.24, 2.45) is 17.6 Å². The average Bonchev–Trinajstić information content (AvgIpc) is 2.72.